The lowest BCUT2D eigenvalue weighted by Crippen LogP contribution is -2.42. The molecular formula is C15H24N2O. The fourth-order valence-electron chi connectivity index (χ4n) is 2.36. The van der Waals surface area contributed by atoms with Crippen molar-refractivity contribution in [3.8, 4) is 5.75 Å². The minimum absolute atomic E-state index is 0.548. The van der Waals surface area contributed by atoms with Gasteiger partial charge in [0.05, 0.1) is 7.11 Å². The molecule has 1 aromatic carbocycles. The Hall–Kier alpha value is -1.06. The van der Waals surface area contributed by atoms with Gasteiger partial charge in [0.2, 0.25) is 0 Å². The average molecular weight is 248 g/mol. The molecule has 1 fully saturated rings. The zero-order chi connectivity index (χ0) is 13.0. The number of ether oxygens (including phenoxy) is 1. The quantitative estimate of drug-likeness (QED) is 0.884. The van der Waals surface area contributed by atoms with Crippen molar-refractivity contribution in [3.63, 3.8) is 0 Å². The monoisotopic (exact) mass is 248 g/mol. The minimum Gasteiger partial charge on any atom is -0.496 e. The third-order valence-corrected chi connectivity index (χ3v) is 3.58. The van der Waals surface area contributed by atoms with Gasteiger partial charge in [-0.3, -0.25) is 4.90 Å². The van der Waals surface area contributed by atoms with E-state index in [2.05, 4.69) is 42.3 Å². The van der Waals surface area contributed by atoms with Gasteiger partial charge in [-0.15, -0.1) is 0 Å². The van der Waals surface area contributed by atoms with Gasteiger partial charge in [0.15, 0.2) is 0 Å². The molecule has 3 nitrogen and oxygen atoms in total. The Balaban J connectivity index is 2.11. The first kappa shape index (κ1) is 13.4. The van der Waals surface area contributed by atoms with Crippen molar-refractivity contribution in [2.75, 3.05) is 33.3 Å². The average Bonchev–Trinajstić information content (AvgIpc) is 2.40. The summed E-state index contributed by atoms with van der Waals surface area (Å²) in [7, 11) is 1.76. The molecule has 1 N–H and O–H groups in total. The second kappa shape index (κ2) is 6.21. The van der Waals surface area contributed by atoms with Crippen molar-refractivity contribution in [3.05, 3.63) is 29.3 Å². The number of benzene rings is 1. The van der Waals surface area contributed by atoms with Crippen molar-refractivity contribution >= 4 is 0 Å². The lowest BCUT2D eigenvalue weighted by atomic mass is 10.0. The maximum atomic E-state index is 5.54. The summed E-state index contributed by atoms with van der Waals surface area (Å²) in [5.41, 5.74) is 2.64. The Morgan fingerprint density at radius 1 is 1.28 bits per heavy atom. The highest BCUT2D eigenvalue weighted by atomic mass is 16.5. The molecule has 1 aliphatic heterocycles. The number of rotatable bonds is 4. The third-order valence-electron chi connectivity index (χ3n) is 3.58. The SMILES string of the molecule is COc1cc(C(C)C)ccc1CN1CCNCC1. The Morgan fingerprint density at radius 3 is 2.61 bits per heavy atom. The van der Waals surface area contributed by atoms with Gasteiger partial charge in [-0.2, -0.15) is 0 Å². The van der Waals surface area contributed by atoms with Gasteiger partial charge in [0.25, 0.3) is 0 Å². The molecule has 3 heteroatoms. The smallest absolute Gasteiger partial charge is 0.123 e. The number of hydrogen-bond acceptors (Lipinski definition) is 3. The highest BCUT2D eigenvalue weighted by Crippen LogP contribution is 2.25. The minimum atomic E-state index is 0.548. The molecule has 0 bridgehead atoms. The van der Waals surface area contributed by atoms with E-state index in [-0.39, 0.29) is 0 Å². The molecule has 1 aromatic rings. The van der Waals surface area contributed by atoms with Crippen molar-refractivity contribution in [1.29, 1.82) is 0 Å². The molecule has 0 atom stereocenters. The summed E-state index contributed by atoms with van der Waals surface area (Å²) in [6.07, 6.45) is 0. The maximum absolute atomic E-state index is 5.54. The molecule has 100 valence electrons. The fourth-order valence-corrected chi connectivity index (χ4v) is 2.36. The highest BCUT2D eigenvalue weighted by Gasteiger charge is 2.13. The normalized spacial score (nSPS) is 17.1. The van der Waals surface area contributed by atoms with Gasteiger partial charge in [0, 0.05) is 38.3 Å². The van der Waals surface area contributed by atoms with Crippen LogP contribution in [0.5, 0.6) is 5.75 Å². The Kier molecular flexibility index (Phi) is 4.61. The molecule has 0 amide bonds. The first-order valence-electron chi connectivity index (χ1n) is 6.80. The molecule has 0 radical (unpaired) electrons. The van der Waals surface area contributed by atoms with Crippen molar-refractivity contribution in [2.24, 2.45) is 0 Å². The molecule has 18 heavy (non-hydrogen) atoms. The van der Waals surface area contributed by atoms with E-state index in [1.807, 2.05) is 0 Å². The van der Waals surface area contributed by atoms with E-state index in [1.54, 1.807) is 7.11 Å². The predicted molar refractivity (Wildman–Crippen MR) is 75.2 cm³/mol. The van der Waals surface area contributed by atoms with Crippen LogP contribution in [0.2, 0.25) is 0 Å². The van der Waals surface area contributed by atoms with Crippen LogP contribution < -0.4 is 10.1 Å². The van der Waals surface area contributed by atoms with E-state index < -0.39 is 0 Å². The maximum Gasteiger partial charge on any atom is 0.123 e. The zero-order valence-electron chi connectivity index (χ0n) is 11.7. The standard InChI is InChI=1S/C15H24N2O/c1-12(2)13-4-5-14(15(10-13)18-3)11-17-8-6-16-7-9-17/h4-5,10,12,16H,6-9,11H2,1-3H3. The molecule has 1 saturated heterocycles. The molecule has 1 heterocycles. The van der Waals surface area contributed by atoms with Gasteiger partial charge >= 0.3 is 0 Å². The second-order valence-electron chi connectivity index (χ2n) is 5.25. The van der Waals surface area contributed by atoms with Gasteiger partial charge in [-0.05, 0) is 17.5 Å². The van der Waals surface area contributed by atoms with E-state index in [1.165, 1.54) is 11.1 Å². The number of nitrogens with zero attached hydrogens (tertiary/aromatic N) is 1. The number of hydrogen-bond donors (Lipinski definition) is 1. The van der Waals surface area contributed by atoms with E-state index in [0.717, 1.165) is 38.5 Å². The summed E-state index contributed by atoms with van der Waals surface area (Å²) in [6.45, 7) is 9.84. The third kappa shape index (κ3) is 3.24. The number of methoxy groups -OCH3 is 1. The van der Waals surface area contributed by atoms with Crippen LogP contribution in [0, 0.1) is 0 Å². The predicted octanol–water partition coefficient (Wildman–Crippen LogP) is 2.22. The van der Waals surface area contributed by atoms with E-state index in [4.69, 9.17) is 4.74 Å². The van der Waals surface area contributed by atoms with Crippen LogP contribution in [-0.2, 0) is 6.54 Å². The van der Waals surface area contributed by atoms with Crippen LogP contribution in [0.25, 0.3) is 0 Å². The first-order valence-corrected chi connectivity index (χ1v) is 6.80. The first-order chi connectivity index (χ1) is 8.70. The van der Waals surface area contributed by atoms with Crippen LogP contribution in [0.15, 0.2) is 18.2 Å². The molecule has 2 rings (SSSR count). The van der Waals surface area contributed by atoms with Crippen molar-refractivity contribution < 1.29 is 4.74 Å². The number of nitrogens with one attached hydrogen (secondary N) is 1. The van der Waals surface area contributed by atoms with Gasteiger partial charge in [0.1, 0.15) is 5.75 Å². The Labute approximate surface area is 110 Å². The van der Waals surface area contributed by atoms with Crippen LogP contribution in [-0.4, -0.2) is 38.2 Å². The van der Waals surface area contributed by atoms with Crippen molar-refractivity contribution in [2.45, 2.75) is 26.3 Å². The summed E-state index contributed by atoms with van der Waals surface area (Å²) in [5, 5.41) is 3.38. The number of piperazine rings is 1. The van der Waals surface area contributed by atoms with Gasteiger partial charge in [-0.25, -0.2) is 0 Å². The summed E-state index contributed by atoms with van der Waals surface area (Å²) in [5.74, 6) is 1.58. The fraction of sp³-hybridized carbons (Fsp3) is 0.600. The second-order valence-corrected chi connectivity index (χ2v) is 5.25. The summed E-state index contributed by atoms with van der Waals surface area (Å²) in [6, 6.07) is 6.63. The van der Waals surface area contributed by atoms with Crippen molar-refractivity contribution in [1.82, 2.24) is 10.2 Å². The summed E-state index contributed by atoms with van der Waals surface area (Å²) >= 11 is 0. The van der Waals surface area contributed by atoms with Crippen LogP contribution >= 0.6 is 0 Å². The summed E-state index contributed by atoms with van der Waals surface area (Å²) < 4.78 is 5.54. The molecule has 0 unspecified atom stereocenters. The highest BCUT2D eigenvalue weighted by molar-refractivity contribution is 5.38. The lowest BCUT2D eigenvalue weighted by molar-refractivity contribution is 0.230. The molecule has 0 saturated carbocycles. The Bertz CT molecular complexity index is 384. The molecule has 0 aliphatic carbocycles. The lowest BCUT2D eigenvalue weighted by Gasteiger charge is -2.28. The van der Waals surface area contributed by atoms with E-state index in [9.17, 15) is 0 Å². The largest absolute Gasteiger partial charge is 0.496 e. The molecule has 0 spiro atoms. The zero-order valence-corrected chi connectivity index (χ0v) is 11.7. The topological polar surface area (TPSA) is 24.5 Å². The van der Waals surface area contributed by atoms with Gasteiger partial charge in [-0.1, -0.05) is 26.0 Å². The Morgan fingerprint density at radius 2 is 2.00 bits per heavy atom. The molecular weight excluding hydrogens is 224 g/mol. The molecule has 1 aliphatic rings. The van der Waals surface area contributed by atoms with Crippen LogP contribution in [0.1, 0.15) is 30.9 Å². The van der Waals surface area contributed by atoms with Gasteiger partial charge < -0.3 is 10.1 Å². The van der Waals surface area contributed by atoms with E-state index >= 15 is 0 Å². The van der Waals surface area contributed by atoms with E-state index in [0.29, 0.717) is 5.92 Å². The van der Waals surface area contributed by atoms with Crippen LogP contribution in [0.4, 0.5) is 0 Å². The molecule has 0 aromatic heterocycles. The van der Waals surface area contributed by atoms with Crippen LogP contribution in [0.3, 0.4) is 0 Å². The summed E-state index contributed by atoms with van der Waals surface area (Å²) in [4.78, 5) is 2.48.